The first-order valence-corrected chi connectivity index (χ1v) is 20.9. The van der Waals surface area contributed by atoms with Gasteiger partial charge in [-0.25, -0.2) is 4.57 Å². The Labute approximate surface area is 308 Å². The number of unbranched alkanes of at least 4 members (excludes halogenated alkanes) is 9. The summed E-state index contributed by atoms with van der Waals surface area (Å²) in [4.78, 5) is 42.8. The van der Waals surface area contributed by atoms with E-state index in [1.807, 2.05) is 6.08 Å². The number of phosphoric ester groups is 1. The molecule has 290 valence electrons. The van der Waals surface area contributed by atoms with Crippen molar-refractivity contribution in [3.05, 3.63) is 72.9 Å². The minimum absolute atomic E-state index is 0.120. The first-order valence-electron chi connectivity index (χ1n) is 19.4. The van der Waals surface area contributed by atoms with E-state index in [0.717, 1.165) is 77.0 Å². The highest BCUT2D eigenvalue weighted by Gasteiger charge is 2.36. The molecule has 1 fully saturated rings. The van der Waals surface area contributed by atoms with E-state index in [9.17, 15) is 14.2 Å². The molecule has 0 aromatic carbocycles. The third-order valence-electron chi connectivity index (χ3n) is 8.11. The van der Waals surface area contributed by atoms with Crippen molar-refractivity contribution >= 4 is 19.8 Å². The average molecular weight is 735 g/mol. The van der Waals surface area contributed by atoms with Gasteiger partial charge in [0.2, 0.25) is 0 Å². The molecule has 10 heteroatoms. The van der Waals surface area contributed by atoms with E-state index in [0.29, 0.717) is 19.3 Å². The first-order chi connectivity index (χ1) is 24.7. The van der Waals surface area contributed by atoms with Crippen molar-refractivity contribution in [2.75, 3.05) is 13.2 Å². The summed E-state index contributed by atoms with van der Waals surface area (Å²) in [6.45, 7) is 3.45. The highest BCUT2D eigenvalue weighted by Crippen LogP contribution is 2.36. The molecule has 0 bridgehead atoms. The molecule has 0 saturated carbocycles. The van der Waals surface area contributed by atoms with Crippen LogP contribution in [0.4, 0.5) is 0 Å². The van der Waals surface area contributed by atoms with Crippen molar-refractivity contribution < 1.29 is 42.7 Å². The maximum atomic E-state index is 12.4. The number of allylic oxidation sites excluding steroid dienone is 10. The summed E-state index contributed by atoms with van der Waals surface area (Å²) < 4.78 is 32.0. The van der Waals surface area contributed by atoms with Gasteiger partial charge in [-0.05, 0) is 83.5 Å². The Kier molecular flexibility index (Phi) is 29.3. The SMILES string of the molecule is CC/C=C\C/C=C\C/C=C\CCCCCCCC(=O)OC[C@H](COP(=O)(O)O)OC(=O)CCC/C=C\CC1OC1C/C=C\C/C=C\CCCCC. The lowest BCUT2D eigenvalue weighted by Gasteiger charge is -2.18. The van der Waals surface area contributed by atoms with Crippen LogP contribution in [0.3, 0.4) is 0 Å². The summed E-state index contributed by atoms with van der Waals surface area (Å²) in [5.74, 6) is -0.986. The molecule has 1 heterocycles. The van der Waals surface area contributed by atoms with E-state index in [2.05, 4.69) is 85.2 Å². The van der Waals surface area contributed by atoms with Crippen LogP contribution in [0.2, 0.25) is 0 Å². The molecule has 1 aliphatic rings. The Balaban J connectivity index is 2.16. The normalized spacial score (nSPS) is 17.3. The van der Waals surface area contributed by atoms with Gasteiger partial charge in [-0.1, -0.05) is 119 Å². The van der Waals surface area contributed by atoms with Crippen molar-refractivity contribution in [2.45, 2.75) is 161 Å². The summed E-state index contributed by atoms with van der Waals surface area (Å²) in [6, 6.07) is 0. The monoisotopic (exact) mass is 734 g/mol. The molecular weight excluding hydrogens is 667 g/mol. The number of rotatable bonds is 33. The minimum atomic E-state index is -4.78. The van der Waals surface area contributed by atoms with Crippen molar-refractivity contribution in [3.63, 3.8) is 0 Å². The molecular formula is C41H67O9P. The van der Waals surface area contributed by atoms with Crippen LogP contribution in [0.5, 0.6) is 0 Å². The van der Waals surface area contributed by atoms with Gasteiger partial charge in [0.05, 0.1) is 18.8 Å². The average Bonchev–Trinajstić information content (AvgIpc) is 3.85. The molecule has 0 spiro atoms. The molecule has 0 aliphatic carbocycles. The third kappa shape index (κ3) is 31.9. The van der Waals surface area contributed by atoms with Crippen LogP contribution in [-0.2, 0) is 32.9 Å². The predicted octanol–water partition coefficient (Wildman–Crippen LogP) is 10.5. The van der Waals surface area contributed by atoms with Gasteiger partial charge in [0.15, 0.2) is 6.10 Å². The van der Waals surface area contributed by atoms with Gasteiger partial charge in [0, 0.05) is 12.8 Å². The topological polar surface area (TPSA) is 132 Å². The van der Waals surface area contributed by atoms with E-state index in [1.165, 1.54) is 19.3 Å². The first kappa shape index (κ1) is 46.5. The van der Waals surface area contributed by atoms with Gasteiger partial charge in [-0.3, -0.25) is 14.1 Å². The highest BCUT2D eigenvalue weighted by atomic mass is 31.2. The van der Waals surface area contributed by atoms with Crippen LogP contribution in [0.1, 0.15) is 142 Å². The second-order valence-electron chi connectivity index (χ2n) is 12.9. The molecule has 1 rings (SSSR count). The van der Waals surface area contributed by atoms with Gasteiger partial charge in [0.1, 0.15) is 6.61 Å². The number of carbonyl (C=O) groups is 2. The lowest BCUT2D eigenvalue weighted by Crippen LogP contribution is -2.29. The summed E-state index contributed by atoms with van der Waals surface area (Å²) in [7, 11) is -4.78. The van der Waals surface area contributed by atoms with E-state index >= 15 is 0 Å². The molecule has 51 heavy (non-hydrogen) atoms. The predicted molar refractivity (Wildman–Crippen MR) is 206 cm³/mol. The molecule has 1 saturated heterocycles. The van der Waals surface area contributed by atoms with E-state index in [-0.39, 0.29) is 31.7 Å². The van der Waals surface area contributed by atoms with Gasteiger partial charge in [-0.2, -0.15) is 0 Å². The maximum Gasteiger partial charge on any atom is 0.469 e. The molecule has 2 unspecified atom stereocenters. The Hall–Kier alpha value is -2.55. The fourth-order valence-corrected chi connectivity index (χ4v) is 5.49. The molecule has 3 atom stereocenters. The molecule has 0 aromatic heterocycles. The molecule has 0 aromatic rings. The van der Waals surface area contributed by atoms with Crippen LogP contribution in [-0.4, -0.2) is 53.3 Å². The number of carbonyl (C=O) groups excluding carboxylic acids is 2. The number of hydrogen-bond acceptors (Lipinski definition) is 7. The van der Waals surface area contributed by atoms with Crippen LogP contribution in [0.25, 0.3) is 0 Å². The largest absolute Gasteiger partial charge is 0.469 e. The van der Waals surface area contributed by atoms with Gasteiger partial charge in [-0.15, -0.1) is 0 Å². The standard InChI is InChI=1S/C41H67O9P/c1-3-5-7-9-11-13-14-15-16-17-18-20-22-24-29-33-40(42)47-35-37(36-48-51(44,45)46)49-41(43)34-30-26-25-28-32-39-38(50-39)31-27-23-21-19-12-10-8-6-4-2/h5,7,11-13,15-16,19,23,25,27-28,37-39H,3-4,6,8-10,14,17-18,20-22,24,26,29-36H2,1-2H3,(H2,44,45,46)/b7-5-,13-11-,16-15-,19-12-,27-23-,28-25-/t37-,38?,39?/m1/s1. The van der Waals surface area contributed by atoms with Crippen molar-refractivity contribution in [1.82, 2.24) is 0 Å². The number of ether oxygens (including phenoxy) is 3. The fourth-order valence-electron chi connectivity index (χ4n) is 5.13. The fraction of sp³-hybridized carbons (Fsp3) is 0.659. The van der Waals surface area contributed by atoms with E-state index in [1.54, 1.807) is 0 Å². The van der Waals surface area contributed by atoms with E-state index in [4.69, 9.17) is 24.0 Å². The maximum absolute atomic E-state index is 12.4. The third-order valence-corrected chi connectivity index (χ3v) is 8.60. The molecule has 1 aliphatic heterocycles. The lowest BCUT2D eigenvalue weighted by atomic mass is 10.1. The van der Waals surface area contributed by atoms with Crippen molar-refractivity contribution in [1.29, 1.82) is 0 Å². The zero-order valence-corrected chi connectivity index (χ0v) is 32.3. The summed E-state index contributed by atoms with van der Waals surface area (Å²) in [5.41, 5.74) is 0. The zero-order chi connectivity index (χ0) is 37.3. The summed E-state index contributed by atoms with van der Waals surface area (Å²) in [6.07, 6.45) is 43.6. The van der Waals surface area contributed by atoms with Crippen LogP contribution < -0.4 is 0 Å². The summed E-state index contributed by atoms with van der Waals surface area (Å²) in [5, 5.41) is 0. The number of hydrogen-bond donors (Lipinski definition) is 2. The van der Waals surface area contributed by atoms with Gasteiger partial charge < -0.3 is 24.0 Å². The lowest BCUT2D eigenvalue weighted by molar-refractivity contribution is -0.161. The Morgan fingerprint density at radius 1 is 0.627 bits per heavy atom. The molecule has 0 radical (unpaired) electrons. The van der Waals surface area contributed by atoms with Gasteiger partial charge in [0.25, 0.3) is 0 Å². The summed E-state index contributed by atoms with van der Waals surface area (Å²) >= 11 is 0. The number of phosphoric acid groups is 1. The van der Waals surface area contributed by atoms with E-state index < -0.39 is 32.5 Å². The number of epoxide rings is 1. The smallest absolute Gasteiger partial charge is 0.462 e. The van der Waals surface area contributed by atoms with Crippen molar-refractivity contribution in [3.8, 4) is 0 Å². The minimum Gasteiger partial charge on any atom is -0.462 e. The second-order valence-corrected chi connectivity index (χ2v) is 14.1. The van der Waals surface area contributed by atoms with Crippen LogP contribution in [0, 0.1) is 0 Å². The molecule has 9 nitrogen and oxygen atoms in total. The Morgan fingerprint density at radius 2 is 1.14 bits per heavy atom. The molecule has 2 N–H and O–H groups in total. The quantitative estimate of drug-likeness (QED) is 0.0222. The highest BCUT2D eigenvalue weighted by molar-refractivity contribution is 7.46. The zero-order valence-electron chi connectivity index (χ0n) is 31.4. The van der Waals surface area contributed by atoms with Gasteiger partial charge >= 0.3 is 19.8 Å². The van der Waals surface area contributed by atoms with Crippen LogP contribution in [0.15, 0.2) is 72.9 Å². The molecule has 0 amide bonds. The second kappa shape index (κ2) is 32.1. The number of esters is 2. The van der Waals surface area contributed by atoms with Crippen molar-refractivity contribution in [2.24, 2.45) is 0 Å². The Bertz CT molecular complexity index is 1120. The van der Waals surface area contributed by atoms with Crippen LogP contribution >= 0.6 is 7.82 Å². The Morgan fingerprint density at radius 3 is 1.78 bits per heavy atom.